The average Bonchev–Trinajstić information content (AvgIpc) is 3.96. The van der Waals surface area contributed by atoms with Crippen molar-refractivity contribution in [3.05, 3.63) is 182 Å². The van der Waals surface area contributed by atoms with E-state index in [1.807, 2.05) is 60.7 Å². The number of benzene rings is 8. The van der Waals surface area contributed by atoms with Crippen LogP contribution in [-0.2, 0) is 0 Å². The molecule has 266 valence electrons. The number of thiophene rings is 1. The van der Waals surface area contributed by atoms with Gasteiger partial charge in [0.25, 0.3) is 0 Å². The van der Waals surface area contributed by atoms with Crippen molar-refractivity contribution in [1.29, 1.82) is 0 Å². The molecule has 4 heterocycles. The molecule has 8 aromatic carbocycles. The summed E-state index contributed by atoms with van der Waals surface area (Å²) in [5, 5.41) is 7.01. The Morgan fingerprint density at radius 3 is 1.61 bits per heavy atom. The van der Waals surface area contributed by atoms with Gasteiger partial charge in [-0.05, 0) is 42.0 Å². The fourth-order valence-corrected chi connectivity index (χ4v) is 9.65. The van der Waals surface area contributed by atoms with Crippen LogP contribution in [0.25, 0.3) is 115 Å². The van der Waals surface area contributed by atoms with Crippen molar-refractivity contribution in [3.63, 3.8) is 0 Å². The number of fused-ring (bicyclic) bond motifs is 9. The maximum absolute atomic E-state index is 7.00. The average molecular weight is 747 g/mol. The Kier molecular flexibility index (Phi) is 7.03. The molecule has 5 nitrogen and oxygen atoms in total. The van der Waals surface area contributed by atoms with E-state index in [1.165, 1.54) is 26.2 Å². The summed E-state index contributed by atoms with van der Waals surface area (Å²) in [5.74, 6) is 1.96. The second kappa shape index (κ2) is 12.6. The minimum absolute atomic E-state index is 0.653. The van der Waals surface area contributed by atoms with E-state index < -0.39 is 0 Å². The molecule has 12 aromatic rings. The fraction of sp³-hybridized carbons (Fsp3) is 0. The van der Waals surface area contributed by atoms with Gasteiger partial charge < -0.3 is 8.98 Å². The van der Waals surface area contributed by atoms with Gasteiger partial charge in [0, 0.05) is 64.0 Å². The largest absolute Gasteiger partial charge is 0.453 e. The quantitative estimate of drug-likeness (QED) is 0.176. The van der Waals surface area contributed by atoms with E-state index in [4.69, 9.17) is 19.4 Å². The maximum atomic E-state index is 7.00. The minimum atomic E-state index is 0.653. The number of nitrogens with zero attached hydrogens (tertiary/aromatic N) is 4. The van der Waals surface area contributed by atoms with Gasteiger partial charge in [-0.3, -0.25) is 0 Å². The lowest BCUT2D eigenvalue weighted by atomic mass is 10.00. The molecule has 0 atom stereocenters. The third kappa shape index (κ3) is 4.98. The Morgan fingerprint density at radius 1 is 0.386 bits per heavy atom. The highest BCUT2D eigenvalue weighted by atomic mass is 32.1. The highest BCUT2D eigenvalue weighted by Crippen LogP contribution is 2.44. The summed E-state index contributed by atoms with van der Waals surface area (Å²) in [6, 6.07) is 63.7. The lowest BCUT2D eigenvalue weighted by molar-refractivity contribution is 0.667. The van der Waals surface area contributed by atoms with Crippen molar-refractivity contribution in [2.45, 2.75) is 0 Å². The molecule has 0 aliphatic heterocycles. The first-order valence-corrected chi connectivity index (χ1v) is 19.8. The zero-order valence-electron chi connectivity index (χ0n) is 30.4. The standard InChI is InChI=1S/C51H30N4OS/c1-3-14-31(15-4-1)49-52-50(32-16-5-2-6-17-32)54-51(53-49)40-24-12-23-39-41-30-33(28-29-45(41)57-48(39)40)34-20-11-21-37-38-22-13-27-44(47(38)56-46(34)37)55-42-25-9-7-18-35(42)36-19-8-10-26-43(36)55/h1-30H. The van der Waals surface area contributed by atoms with Crippen molar-refractivity contribution < 1.29 is 4.42 Å². The van der Waals surface area contributed by atoms with E-state index in [0.717, 1.165) is 71.2 Å². The van der Waals surface area contributed by atoms with Crippen LogP contribution in [0, 0.1) is 0 Å². The molecule has 0 N–H and O–H groups in total. The first-order chi connectivity index (χ1) is 28.3. The van der Waals surface area contributed by atoms with Crippen LogP contribution in [0.5, 0.6) is 0 Å². The van der Waals surface area contributed by atoms with Crippen LogP contribution in [0.15, 0.2) is 186 Å². The Hall–Kier alpha value is -7.41. The summed E-state index contributed by atoms with van der Waals surface area (Å²) >= 11 is 1.77. The molecule has 0 fully saturated rings. The lowest BCUT2D eigenvalue weighted by Crippen LogP contribution is -2.00. The summed E-state index contributed by atoms with van der Waals surface area (Å²) in [7, 11) is 0. The molecule has 0 radical (unpaired) electrons. The number of para-hydroxylation sites is 4. The summed E-state index contributed by atoms with van der Waals surface area (Å²) in [5.41, 5.74) is 10.2. The highest BCUT2D eigenvalue weighted by Gasteiger charge is 2.21. The zero-order chi connectivity index (χ0) is 37.5. The van der Waals surface area contributed by atoms with Crippen LogP contribution in [0.4, 0.5) is 0 Å². The molecular weight excluding hydrogens is 717 g/mol. The Labute approximate surface area is 330 Å². The van der Waals surface area contributed by atoms with Crippen LogP contribution >= 0.6 is 11.3 Å². The predicted molar refractivity (Wildman–Crippen MR) is 236 cm³/mol. The molecule has 12 rings (SSSR count). The van der Waals surface area contributed by atoms with E-state index in [2.05, 4.69) is 126 Å². The topological polar surface area (TPSA) is 56.7 Å². The Bertz CT molecular complexity index is 3420. The van der Waals surface area contributed by atoms with Gasteiger partial charge in [-0.1, -0.05) is 146 Å². The maximum Gasteiger partial charge on any atom is 0.165 e. The van der Waals surface area contributed by atoms with E-state index in [-0.39, 0.29) is 0 Å². The third-order valence-electron chi connectivity index (χ3n) is 11.1. The van der Waals surface area contributed by atoms with Crippen molar-refractivity contribution >= 4 is 75.3 Å². The van der Waals surface area contributed by atoms with E-state index in [0.29, 0.717) is 17.5 Å². The van der Waals surface area contributed by atoms with Gasteiger partial charge in [0.1, 0.15) is 5.58 Å². The van der Waals surface area contributed by atoms with Crippen LogP contribution < -0.4 is 0 Å². The molecule has 6 heteroatoms. The smallest absolute Gasteiger partial charge is 0.165 e. The molecule has 0 aliphatic carbocycles. The fourth-order valence-electron chi connectivity index (χ4n) is 8.46. The molecule has 0 saturated heterocycles. The number of hydrogen-bond acceptors (Lipinski definition) is 5. The second-order valence-electron chi connectivity index (χ2n) is 14.3. The monoisotopic (exact) mass is 746 g/mol. The van der Waals surface area contributed by atoms with Crippen LogP contribution in [0.1, 0.15) is 0 Å². The summed E-state index contributed by atoms with van der Waals surface area (Å²) in [4.78, 5) is 15.1. The van der Waals surface area contributed by atoms with E-state index >= 15 is 0 Å². The number of hydrogen-bond donors (Lipinski definition) is 0. The van der Waals surface area contributed by atoms with Gasteiger partial charge in [-0.25, -0.2) is 15.0 Å². The number of furan rings is 1. The first-order valence-electron chi connectivity index (χ1n) is 19.0. The molecule has 4 aromatic heterocycles. The molecule has 0 saturated carbocycles. The highest BCUT2D eigenvalue weighted by molar-refractivity contribution is 7.26. The second-order valence-corrected chi connectivity index (χ2v) is 15.4. The Balaban J connectivity index is 1.02. The third-order valence-corrected chi connectivity index (χ3v) is 12.3. The van der Waals surface area contributed by atoms with Gasteiger partial charge in [0.2, 0.25) is 0 Å². The molecule has 0 spiro atoms. The van der Waals surface area contributed by atoms with Gasteiger partial charge in [-0.15, -0.1) is 11.3 Å². The van der Waals surface area contributed by atoms with Crippen LogP contribution in [-0.4, -0.2) is 19.5 Å². The number of rotatable bonds is 5. The minimum Gasteiger partial charge on any atom is -0.453 e. The molecular formula is C51H30N4OS. The van der Waals surface area contributed by atoms with E-state index in [1.54, 1.807) is 11.3 Å². The summed E-state index contributed by atoms with van der Waals surface area (Å²) in [6.45, 7) is 0. The van der Waals surface area contributed by atoms with E-state index in [9.17, 15) is 0 Å². The zero-order valence-corrected chi connectivity index (χ0v) is 31.2. The first kappa shape index (κ1) is 31.9. The van der Waals surface area contributed by atoms with Crippen LogP contribution in [0.3, 0.4) is 0 Å². The van der Waals surface area contributed by atoms with Gasteiger partial charge >= 0.3 is 0 Å². The van der Waals surface area contributed by atoms with Gasteiger partial charge in [0.05, 0.1) is 16.7 Å². The van der Waals surface area contributed by atoms with Crippen molar-refractivity contribution in [1.82, 2.24) is 19.5 Å². The SMILES string of the molecule is c1ccc(-c2nc(-c3ccccc3)nc(-c3cccc4c3sc3ccc(-c5cccc6c5oc5c(-n7c8ccccc8c8ccccc87)cccc56)cc34)n2)cc1. The molecule has 0 bridgehead atoms. The van der Waals surface area contributed by atoms with Crippen molar-refractivity contribution in [2.24, 2.45) is 0 Å². The Morgan fingerprint density at radius 2 is 0.930 bits per heavy atom. The van der Waals surface area contributed by atoms with Crippen LogP contribution in [0.2, 0.25) is 0 Å². The summed E-state index contributed by atoms with van der Waals surface area (Å²) in [6.07, 6.45) is 0. The lowest BCUT2D eigenvalue weighted by Gasteiger charge is -2.09. The van der Waals surface area contributed by atoms with Crippen molar-refractivity contribution in [2.75, 3.05) is 0 Å². The normalized spacial score (nSPS) is 11.9. The molecule has 0 amide bonds. The number of aromatic nitrogens is 4. The predicted octanol–water partition coefficient (Wildman–Crippen LogP) is 13.9. The van der Waals surface area contributed by atoms with Gasteiger partial charge in [0.15, 0.2) is 23.1 Å². The molecule has 0 unspecified atom stereocenters. The molecule has 0 aliphatic rings. The van der Waals surface area contributed by atoms with Gasteiger partial charge in [-0.2, -0.15) is 0 Å². The molecule has 57 heavy (non-hydrogen) atoms. The summed E-state index contributed by atoms with van der Waals surface area (Å²) < 4.78 is 11.7. The van der Waals surface area contributed by atoms with Crippen molar-refractivity contribution in [3.8, 4) is 51.0 Å².